The Hall–Kier alpha value is -2.49. The Morgan fingerprint density at radius 2 is 1.76 bits per heavy atom. The molecule has 1 N–H and O–H groups in total. The van der Waals surface area contributed by atoms with Gasteiger partial charge in [0, 0.05) is 37.1 Å². The number of pyridine rings is 1. The molecule has 2 heterocycles. The Kier molecular flexibility index (Phi) is 4.12. The van der Waals surface area contributed by atoms with Gasteiger partial charge in [-0.3, -0.25) is 4.40 Å². The van der Waals surface area contributed by atoms with Crippen molar-refractivity contribution >= 4 is 17.2 Å². The molecule has 1 aromatic carbocycles. The van der Waals surface area contributed by atoms with E-state index in [-0.39, 0.29) is 0 Å². The Balaban J connectivity index is 1.82. The summed E-state index contributed by atoms with van der Waals surface area (Å²) in [7, 11) is 4.13. The normalized spacial score (nSPS) is 15.0. The van der Waals surface area contributed by atoms with Gasteiger partial charge in [-0.2, -0.15) is 0 Å². The van der Waals surface area contributed by atoms with Gasteiger partial charge in [0.1, 0.15) is 17.2 Å². The molecule has 0 bridgehead atoms. The highest BCUT2D eigenvalue weighted by atomic mass is 15.2. The van der Waals surface area contributed by atoms with E-state index < -0.39 is 0 Å². The molecule has 0 spiro atoms. The Morgan fingerprint density at radius 3 is 2.44 bits per heavy atom. The lowest BCUT2D eigenvalue weighted by Gasteiger charge is -2.16. The van der Waals surface area contributed by atoms with E-state index in [1.807, 2.05) is 0 Å². The number of hydrogen-bond donors (Lipinski definition) is 1. The molecular weight excluding hydrogens is 308 g/mol. The summed E-state index contributed by atoms with van der Waals surface area (Å²) in [4.78, 5) is 7.07. The van der Waals surface area contributed by atoms with Crippen LogP contribution >= 0.6 is 0 Å². The third-order valence-electron chi connectivity index (χ3n) is 5.19. The molecule has 4 nitrogen and oxygen atoms in total. The first kappa shape index (κ1) is 16.0. The van der Waals surface area contributed by atoms with Crippen LogP contribution in [-0.4, -0.2) is 29.5 Å². The van der Waals surface area contributed by atoms with Crippen molar-refractivity contribution in [2.24, 2.45) is 0 Å². The van der Waals surface area contributed by atoms with Crippen LogP contribution in [0.15, 0.2) is 42.5 Å². The summed E-state index contributed by atoms with van der Waals surface area (Å²) in [5.41, 5.74) is 5.63. The third-order valence-corrected chi connectivity index (χ3v) is 5.19. The van der Waals surface area contributed by atoms with E-state index in [2.05, 4.69) is 78.1 Å². The number of anilines is 2. The SMILES string of the molecule is Cc1cccc2nc(-c3ccc(N(C)C)cc3)c(NC3CCCC3)n12. The molecule has 130 valence electrons. The zero-order chi connectivity index (χ0) is 17.4. The number of nitrogens with zero attached hydrogens (tertiary/aromatic N) is 3. The molecule has 4 heteroatoms. The number of aryl methyl sites for hydroxylation is 1. The Bertz CT molecular complexity index is 871. The summed E-state index contributed by atoms with van der Waals surface area (Å²) in [5, 5.41) is 3.80. The van der Waals surface area contributed by atoms with Gasteiger partial charge < -0.3 is 10.2 Å². The second-order valence-electron chi connectivity index (χ2n) is 7.24. The van der Waals surface area contributed by atoms with Gasteiger partial charge >= 0.3 is 0 Å². The van der Waals surface area contributed by atoms with Crippen molar-refractivity contribution in [2.75, 3.05) is 24.3 Å². The van der Waals surface area contributed by atoms with Gasteiger partial charge in [-0.05, 0) is 44.0 Å². The number of aromatic nitrogens is 2. The molecule has 3 aromatic rings. The molecule has 25 heavy (non-hydrogen) atoms. The van der Waals surface area contributed by atoms with Crippen molar-refractivity contribution in [1.82, 2.24) is 9.38 Å². The van der Waals surface area contributed by atoms with Crippen molar-refractivity contribution in [3.05, 3.63) is 48.2 Å². The largest absolute Gasteiger partial charge is 0.378 e. The fraction of sp³-hybridized carbons (Fsp3) is 0.381. The molecule has 1 aliphatic carbocycles. The van der Waals surface area contributed by atoms with Gasteiger partial charge in [-0.1, -0.05) is 31.0 Å². The summed E-state index contributed by atoms with van der Waals surface area (Å²) in [6, 6.07) is 15.5. The second kappa shape index (κ2) is 6.43. The van der Waals surface area contributed by atoms with Crippen LogP contribution < -0.4 is 10.2 Å². The standard InChI is InChI=1S/C21H26N4/c1-15-7-6-10-19-23-20(16-11-13-18(14-12-16)24(2)3)21(25(15)19)22-17-8-4-5-9-17/h6-7,10-14,17,22H,4-5,8-9H2,1-3H3. The van der Waals surface area contributed by atoms with E-state index in [0.717, 1.165) is 22.7 Å². The maximum Gasteiger partial charge on any atom is 0.139 e. The van der Waals surface area contributed by atoms with Crippen LogP contribution in [0.2, 0.25) is 0 Å². The van der Waals surface area contributed by atoms with E-state index in [9.17, 15) is 0 Å². The quantitative estimate of drug-likeness (QED) is 0.748. The molecule has 4 rings (SSSR count). The van der Waals surface area contributed by atoms with Gasteiger partial charge in [0.2, 0.25) is 0 Å². The minimum Gasteiger partial charge on any atom is -0.378 e. The maximum atomic E-state index is 4.95. The highest BCUT2D eigenvalue weighted by Gasteiger charge is 2.21. The van der Waals surface area contributed by atoms with E-state index >= 15 is 0 Å². The van der Waals surface area contributed by atoms with E-state index in [4.69, 9.17) is 4.98 Å². The zero-order valence-corrected chi connectivity index (χ0v) is 15.3. The summed E-state index contributed by atoms with van der Waals surface area (Å²) < 4.78 is 2.26. The first-order valence-corrected chi connectivity index (χ1v) is 9.16. The van der Waals surface area contributed by atoms with Crippen LogP contribution in [-0.2, 0) is 0 Å². The van der Waals surface area contributed by atoms with Crippen molar-refractivity contribution in [2.45, 2.75) is 38.6 Å². The van der Waals surface area contributed by atoms with Crippen LogP contribution in [0.25, 0.3) is 16.9 Å². The first-order chi connectivity index (χ1) is 12.1. The van der Waals surface area contributed by atoms with E-state index in [1.54, 1.807) is 0 Å². The molecular formula is C21H26N4. The molecule has 1 fully saturated rings. The molecule has 0 amide bonds. The highest BCUT2D eigenvalue weighted by molar-refractivity contribution is 5.78. The second-order valence-corrected chi connectivity index (χ2v) is 7.24. The van der Waals surface area contributed by atoms with Crippen molar-refractivity contribution in [1.29, 1.82) is 0 Å². The summed E-state index contributed by atoms with van der Waals surface area (Å²) >= 11 is 0. The van der Waals surface area contributed by atoms with Crippen LogP contribution in [0, 0.1) is 6.92 Å². The molecule has 0 saturated heterocycles. The lowest BCUT2D eigenvalue weighted by atomic mass is 10.1. The Labute approximate surface area is 149 Å². The maximum absolute atomic E-state index is 4.95. The number of nitrogens with one attached hydrogen (secondary N) is 1. The molecule has 1 saturated carbocycles. The smallest absolute Gasteiger partial charge is 0.139 e. The van der Waals surface area contributed by atoms with Gasteiger partial charge in [0.05, 0.1) is 0 Å². The summed E-state index contributed by atoms with van der Waals surface area (Å²) in [6.07, 6.45) is 5.14. The van der Waals surface area contributed by atoms with Gasteiger partial charge in [0.15, 0.2) is 0 Å². The van der Waals surface area contributed by atoms with Gasteiger partial charge in [0.25, 0.3) is 0 Å². The molecule has 0 unspecified atom stereocenters. The average Bonchev–Trinajstić information content (AvgIpc) is 3.24. The van der Waals surface area contributed by atoms with Crippen LogP contribution in [0.1, 0.15) is 31.4 Å². The van der Waals surface area contributed by atoms with Crippen molar-refractivity contribution in [3.8, 4) is 11.3 Å². The third kappa shape index (κ3) is 2.97. The molecule has 2 aromatic heterocycles. The summed E-state index contributed by atoms with van der Waals surface area (Å²) in [6.45, 7) is 2.15. The van der Waals surface area contributed by atoms with Crippen LogP contribution in [0.5, 0.6) is 0 Å². The molecule has 0 atom stereocenters. The lowest BCUT2D eigenvalue weighted by Crippen LogP contribution is -2.17. The summed E-state index contributed by atoms with van der Waals surface area (Å²) in [5.74, 6) is 1.14. The highest BCUT2D eigenvalue weighted by Crippen LogP contribution is 2.33. The van der Waals surface area contributed by atoms with Crippen molar-refractivity contribution in [3.63, 3.8) is 0 Å². The molecule has 1 aliphatic rings. The van der Waals surface area contributed by atoms with Gasteiger partial charge in [-0.25, -0.2) is 4.98 Å². The fourth-order valence-corrected chi connectivity index (χ4v) is 3.77. The number of hydrogen-bond acceptors (Lipinski definition) is 3. The zero-order valence-electron chi connectivity index (χ0n) is 15.3. The minimum atomic E-state index is 0.555. The van der Waals surface area contributed by atoms with Crippen LogP contribution in [0.4, 0.5) is 11.5 Å². The van der Waals surface area contributed by atoms with E-state index in [0.29, 0.717) is 6.04 Å². The topological polar surface area (TPSA) is 32.6 Å². The fourth-order valence-electron chi connectivity index (χ4n) is 3.77. The lowest BCUT2D eigenvalue weighted by molar-refractivity contribution is 0.748. The minimum absolute atomic E-state index is 0.555. The first-order valence-electron chi connectivity index (χ1n) is 9.16. The number of rotatable bonds is 4. The predicted molar refractivity (Wildman–Crippen MR) is 106 cm³/mol. The monoisotopic (exact) mass is 334 g/mol. The van der Waals surface area contributed by atoms with Crippen LogP contribution in [0.3, 0.4) is 0 Å². The molecule has 0 aliphatic heterocycles. The van der Waals surface area contributed by atoms with E-state index in [1.165, 1.54) is 37.1 Å². The van der Waals surface area contributed by atoms with Gasteiger partial charge in [-0.15, -0.1) is 0 Å². The predicted octanol–water partition coefficient (Wildman–Crippen LogP) is 4.73. The Morgan fingerprint density at radius 1 is 1.04 bits per heavy atom. The number of benzene rings is 1. The molecule has 0 radical (unpaired) electrons. The number of fused-ring (bicyclic) bond motifs is 1. The van der Waals surface area contributed by atoms with Crippen molar-refractivity contribution < 1.29 is 0 Å². The average molecular weight is 334 g/mol. The number of imidazole rings is 1.